The fraction of sp³-hybridized carbons (Fsp3) is 0.286. The monoisotopic (exact) mass is 398 g/mol. The Kier molecular flexibility index (Phi) is 6.17. The average Bonchev–Trinajstić information content (AvgIpc) is 3.38. The van der Waals surface area contributed by atoms with Crippen molar-refractivity contribution < 1.29 is 18.7 Å². The van der Waals surface area contributed by atoms with Crippen LogP contribution >= 0.6 is 11.6 Å². The lowest BCUT2D eigenvalue weighted by atomic mass is 10.1. The maximum Gasteiger partial charge on any atom is 0.339 e. The highest BCUT2D eigenvalue weighted by Crippen LogP contribution is 2.28. The number of nitriles is 1. The van der Waals surface area contributed by atoms with E-state index in [1.165, 1.54) is 6.08 Å². The van der Waals surface area contributed by atoms with Crippen molar-refractivity contribution in [3.8, 4) is 17.4 Å². The van der Waals surface area contributed by atoms with E-state index in [9.17, 15) is 14.9 Å². The summed E-state index contributed by atoms with van der Waals surface area (Å²) < 4.78 is 10.8. The molecule has 1 aromatic carbocycles. The lowest BCUT2D eigenvalue weighted by Crippen LogP contribution is -2.28. The molecule has 1 aliphatic rings. The summed E-state index contributed by atoms with van der Waals surface area (Å²) in [5.74, 6) is 0.0733. The minimum Gasteiger partial charge on any atom is -0.462 e. The largest absolute Gasteiger partial charge is 0.462 e. The molecule has 1 aliphatic heterocycles. The first-order chi connectivity index (χ1) is 13.5. The molecule has 1 amide bonds. The molecule has 0 radical (unpaired) electrons. The molecule has 3 rings (SSSR count). The fourth-order valence-electron chi connectivity index (χ4n) is 3.00. The Bertz CT molecular complexity index is 965. The van der Waals surface area contributed by atoms with Gasteiger partial charge in [0.1, 0.15) is 23.2 Å². The maximum atomic E-state index is 12.4. The van der Waals surface area contributed by atoms with Gasteiger partial charge >= 0.3 is 5.97 Å². The van der Waals surface area contributed by atoms with Gasteiger partial charge in [-0.1, -0.05) is 11.6 Å². The molecule has 1 fully saturated rings. The Hall–Kier alpha value is -3.04. The molecule has 6 nitrogen and oxygen atoms in total. The van der Waals surface area contributed by atoms with Crippen molar-refractivity contribution in [1.82, 2.24) is 4.90 Å². The SMILES string of the molecule is CCOC(=O)c1cc(-c2ccc(/C=C(\C#N)C(=O)N3CCCC3)o2)ccc1Cl. The molecule has 0 N–H and O–H groups in total. The third-order valence-electron chi connectivity index (χ3n) is 4.40. The standard InChI is InChI=1S/C21H19ClN2O4/c1-2-27-21(26)17-12-14(5-7-18(17)22)19-8-6-16(28-19)11-15(13-23)20(25)24-9-3-4-10-24/h5-8,11-12H,2-4,9-10H2,1H3/b15-11+. The van der Waals surface area contributed by atoms with Gasteiger partial charge in [0.05, 0.1) is 17.2 Å². The minimum atomic E-state index is -0.510. The Labute approximate surface area is 167 Å². The summed E-state index contributed by atoms with van der Waals surface area (Å²) in [7, 11) is 0. The van der Waals surface area contributed by atoms with Crippen LogP contribution in [0.25, 0.3) is 17.4 Å². The van der Waals surface area contributed by atoms with Crippen LogP contribution in [0.4, 0.5) is 0 Å². The lowest BCUT2D eigenvalue weighted by molar-refractivity contribution is -0.125. The average molecular weight is 399 g/mol. The highest BCUT2D eigenvalue weighted by Gasteiger charge is 2.22. The van der Waals surface area contributed by atoms with Crippen LogP contribution in [0.1, 0.15) is 35.9 Å². The molecular formula is C21H19ClN2O4. The maximum absolute atomic E-state index is 12.4. The number of rotatable bonds is 5. The highest BCUT2D eigenvalue weighted by molar-refractivity contribution is 6.33. The van der Waals surface area contributed by atoms with Gasteiger partial charge in [0.15, 0.2) is 0 Å². The Balaban J connectivity index is 1.85. The van der Waals surface area contributed by atoms with Crippen LogP contribution in [0.2, 0.25) is 5.02 Å². The number of amides is 1. The van der Waals surface area contributed by atoms with E-state index in [0.29, 0.717) is 30.2 Å². The van der Waals surface area contributed by atoms with Gasteiger partial charge in [0, 0.05) is 24.7 Å². The number of halogens is 1. The van der Waals surface area contributed by atoms with Gasteiger partial charge in [-0.2, -0.15) is 5.26 Å². The zero-order chi connectivity index (χ0) is 20.1. The summed E-state index contributed by atoms with van der Waals surface area (Å²) >= 11 is 6.09. The fourth-order valence-corrected chi connectivity index (χ4v) is 3.20. The predicted octanol–water partition coefficient (Wildman–Crippen LogP) is 4.31. The number of hydrogen-bond acceptors (Lipinski definition) is 5. The van der Waals surface area contributed by atoms with Gasteiger partial charge < -0.3 is 14.1 Å². The first-order valence-electron chi connectivity index (χ1n) is 9.01. The van der Waals surface area contributed by atoms with Crippen molar-refractivity contribution in [1.29, 1.82) is 5.26 Å². The number of likely N-dealkylation sites (tertiary alicyclic amines) is 1. The minimum absolute atomic E-state index is 0.0334. The molecule has 7 heteroatoms. The zero-order valence-electron chi connectivity index (χ0n) is 15.4. The second-order valence-electron chi connectivity index (χ2n) is 6.29. The first-order valence-corrected chi connectivity index (χ1v) is 9.39. The summed E-state index contributed by atoms with van der Waals surface area (Å²) in [6.07, 6.45) is 3.34. The van der Waals surface area contributed by atoms with E-state index in [4.69, 9.17) is 20.8 Å². The second kappa shape index (κ2) is 8.77. The van der Waals surface area contributed by atoms with Crippen LogP contribution in [0.3, 0.4) is 0 Å². The lowest BCUT2D eigenvalue weighted by Gasteiger charge is -2.13. The van der Waals surface area contributed by atoms with Crippen LogP contribution in [-0.2, 0) is 9.53 Å². The van der Waals surface area contributed by atoms with Gasteiger partial charge in [-0.3, -0.25) is 4.79 Å². The normalized spacial score (nSPS) is 14.0. The molecule has 144 valence electrons. The number of ether oxygens (including phenoxy) is 1. The summed E-state index contributed by atoms with van der Waals surface area (Å²) in [5, 5.41) is 9.64. The van der Waals surface area contributed by atoms with Gasteiger partial charge in [-0.25, -0.2) is 4.79 Å². The molecule has 2 aromatic rings. The summed E-state index contributed by atoms with van der Waals surface area (Å²) in [4.78, 5) is 26.1. The van der Waals surface area contributed by atoms with Gasteiger partial charge in [0.25, 0.3) is 5.91 Å². The van der Waals surface area contributed by atoms with Crippen molar-refractivity contribution in [3.05, 3.63) is 52.3 Å². The van der Waals surface area contributed by atoms with Gasteiger partial charge in [-0.15, -0.1) is 0 Å². The van der Waals surface area contributed by atoms with Gasteiger partial charge in [0.2, 0.25) is 0 Å². The van der Waals surface area contributed by atoms with Gasteiger partial charge in [-0.05, 0) is 50.1 Å². The summed E-state index contributed by atoms with van der Waals surface area (Å²) in [6, 6.07) is 10.2. The van der Waals surface area contributed by atoms with E-state index in [1.807, 2.05) is 6.07 Å². The van der Waals surface area contributed by atoms with E-state index in [-0.39, 0.29) is 28.7 Å². The number of carbonyl (C=O) groups is 2. The van der Waals surface area contributed by atoms with Crippen LogP contribution in [0.15, 0.2) is 40.3 Å². The number of hydrogen-bond donors (Lipinski definition) is 0. The molecule has 1 aromatic heterocycles. The van der Waals surface area contributed by atoms with Crippen molar-refractivity contribution in [2.24, 2.45) is 0 Å². The Morgan fingerprint density at radius 3 is 2.71 bits per heavy atom. The Morgan fingerprint density at radius 1 is 1.29 bits per heavy atom. The Morgan fingerprint density at radius 2 is 2.04 bits per heavy atom. The van der Waals surface area contributed by atoms with Crippen LogP contribution < -0.4 is 0 Å². The highest BCUT2D eigenvalue weighted by atomic mass is 35.5. The number of esters is 1. The van der Waals surface area contributed by atoms with E-state index in [2.05, 4.69) is 0 Å². The third kappa shape index (κ3) is 4.26. The number of carbonyl (C=O) groups excluding carboxylic acids is 2. The van der Waals surface area contributed by atoms with E-state index in [1.54, 1.807) is 42.2 Å². The molecule has 0 atom stereocenters. The second-order valence-corrected chi connectivity index (χ2v) is 6.69. The van der Waals surface area contributed by atoms with E-state index < -0.39 is 5.97 Å². The van der Waals surface area contributed by atoms with Crippen LogP contribution in [0, 0.1) is 11.3 Å². The molecule has 0 unspecified atom stereocenters. The zero-order valence-corrected chi connectivity index (χ0v) is 16.2. The molecule has 0 spiro atoms. The van der Waals surface area contributed by atoms with Crippen molar-refractivity contribution in [2.75, 3.05) is 19.7 Å². The van der Waals surface area contributed by atoms with Crippen molar-refractivity contribution in [2.45, 2.75) is 19.8 Å². The van der Waals surface area contributed by atoms with Crippen molar-refractivity contribution >= 4 is 29.6 Å². The van der Waals surface area contributed by atoms with E-state index in [0.717, 1.165) is 12.8 Å². The molecule has 1 saturated heterocycles. The van der Waals surface area contributed by atoms with Crippen LogP contribution in [-0.4, -0.2) is 36.5 Å². The predicted molar refractivity (Wildman–Crippen MR) is 105 cm³/mol. The first kappa shape index (κ1) is 19.7. The summed E-state index contributed by atoms with van der Waals surface area (Å²) in [6.45, 7) is 3.30. The number of furan rings is 1. The molecule has 0 saturated carbocycles. The summed E-state index contributed by atoms with van der Waals surface area (Å²) in [5.41, 5.74) is 0.916. The number of benzene rings is 1. The van der Waals surface area contributed by atoms with Crippen molar-refractivity contribution in [3.63, 3.8) is 0 Å². The molecule has 0 aliphatic carbocycles. The van der Waals surface area contributed by atoms with Crippen LogP contribution in [0.5, 0.6) is 0 Å². The third-order valence-corrected chi connectivity index (χ3v) is 4.73. The topological polar surface area (TPSA) is 83.5 Å². The number of nitrogens with zero attached hydrogens (tertiary/aromatic N) is 2. The quantitative estimate of drug-likeness (QED) is 0.425. The molecule has 2 heterocycles. The molecule has 0 bridgehead atoms. The molecule has 28 heavy (non-hydrogen) atoms. The molecular weight excluding hydrogens is 380 g/mol. The van der Waals surface area contributed by atoms with E-state index >= 15 is 0 Å². The smallest absolute Gasteiger partial charge is 0.339 e.